The number of esters is 3. The molecule has 0 aromatic heterocycles. The second kappa shape index (κ2) is 54.2. The molecule has 1 atom stereocenters. The second-order valence-electron chi connectivity index (χ2n) is 19.2. The van der Waals surface area contributed by atoms with Crippen LogP contribution in [0.5, 0.6) is 0 Å². The topological polar surface area (TPSA) is 78.9 Å². The number of ether oxygens (including phenoxy) is 3. The van der Waals surface area contributed by atoms with Gasteiger partial charge in [0.15, 0.2) is 6.10 Å². The average Bonchev–Trinajstić information content (AvgIpc) is 3.30. The molecule has 0 fully saturated rings. The van der Waals surface area contributed by atoms with Gasteiger partial charge in [-0.3, -0.25) is 14.4 Å². The molecule has 0 unspecified atom stereocenters. The Kier molecular flexibility index (Phi) is 52.3. The van der Waals surface area contributed by atoms with Crippen LogP contribution in [0.1, 0.15) is 303 Å². The molecule has 0 aliphatic carbocycles. The van der Waals surface area contributed by atoms with E-state index in [-0.39, 0.29) is 31.1 Å². The van der Waals surface area contributed by atoms with Gasteiger partial charge in [-0.15, -0.1) is 0 Å². The van der Waals surface area contributed by atoms with Gasteiger partial charge in [-0.25, -0.2) is 0 Å². The van der Waals surface area contributed by atoms with Crippen LogP contribution < -0.4 is 0 Å². The van der Waals surface area contributed by atoms with Crippen molar-refractivity contribution in [1.29, 1.82) is 0 Å². The van der Waals surface area contributed by atoms with Gasteiger partial charge in [0.25, 0.3) is 0 Å². The molecular weight excluding hydrogens is 805 g/mol. The Morgan fingerprint density at radius 3 is 0.892 bits per heavy atom. The number of rotatable bonds is 52. The van der Waals surface area contributed by atoms with Crippen LogP contribution in [0.4, 0.5) is 0 Å². The quantitative estimate of drug-likeness (QED) is 0.0262. The number of hydrogen-bond donors (Lipinski definition) is 0. The van der Waals surface area contributed by atoms with Crippen molar-refractivity contribution < 1.29 is 28.6 Å². The molecule has 6 heteroatoms. The molecule has 0 bridgehead atoms. The molecule has 0 N–H and O–H groups in total. The summed E-state index contributed by atoms with van der Waals surface area (Å²) in [5, 5.41) is 0. The summed E-state index contributed by atoms with van der Waals surface area (Å²) in [6, 6.07) is 0. The Morgan fingerprint density at radius 2 is 0.554 bits per heavy atom. The van der Waals surface area contributed by atoms with E-state index >= 15 is 0 Å². The first-order valence-corrected chi connectivity index (χ1v) is 28.5. The third-order valence-corrected chi connectivity index (χ3v) is 12.6. The van der Waals surface area contributed by atoms with Crippen LogP contribution in [0.2, 0.25) is 0 Å². The summed E-state index contributed by atoms with van der Waals surface area (Å²) < 4.78 is 16.9. The Hall–Kier alpha value is -2.37. The molecule has 0 saturated heterocycles. The van der Waals surface area contributed by atoms with Crippen molar-refractivity contribution >= 4 is 17.9 Å². The maximum atomic E-state index is 12.8. The van der Waals surface area contributed by atoms with Crippen LogP contribution in [0.25, 0.3) is 0 Å². The summed E-state index contributed by atoms with van der Waals surface area (Å²) in [6.07, 6.45) is 64.1. The molecule has 65 heavy (non-hydrogen) atoms. The Balaban J connectivity index is 4.34. The minimum atomic E-state index is -0.775. The maximum absolute atomic E-state index is 12.8. The van der Waals surface area contributed by atoms with Crippen molar-refractivity contribution in [3.8, 4) is 0 Å². The SMILES string of the molecule is CCCCC/C=C\C/C=C\CCCCCCCCCCCC(=O)OC[C@H](COC(=O)CCCCCCCCCCCCCCC)OC(=O)CCCCCCC/C=C\CCCCCCCC. The lowest BCUT2D eigenvalue weighted by Crippen LogP contribution is -2.30. The highest BCUT2D eigenvalue weighted by Gasteiger charge is 2.19. The first kappa shape index (κ1) is 62.6. The Labute approximate surface area is 404 Å². The predicted molar refractivity (Wildman–Crippen MR) is 279 cm³/mol. The standard InChI is InChI=1S/C59H108O6/c1-4-7-10-13-16-19-22-25-27-28-29-30-32-34-37-40-43-46-49-52-58(61)64-55-56(54-63-57(60)51-48-45-42-39-36-33-24-21-18-15-12-9-6-3)65-59(62)53-50-47-44-41-38-35-31-26-23-20-17-14-11-8-5-2/h16,19,25-27,31,56H,4-15,17-18,20-24,28-30,32-55H2,1-3H3/b19-16-,27-25-,31-26-/t56-/m0/s1. The van der Waals surface area contributed by atoms with Crippen molar-refractivity contribution in [2.24, 2.45) is 0 Å². The van der Waals surface area contributed by atoms with E-state index in [2.05, 4.69) is 57.2 Å². The number of carbonyl (C=O) groups is 3. The average molecular weight is 914 g/mol. The molecule has 0 radical (unpaired) electrons. The van der Waals surface area contributed by atoms with E-state index < -0.39 is 6.10 Å². The molecule has 0 rings (SSSR count). The number of allylic oxidation sites excluding steroid dienone is 6. The summed E-state index contributed by atoms with van der Waals surface area (Å²) in [5.74, 6) is -0.870. The fraction of sp³-hybridized carbons (Fsp3) is 0.847. The van der Waals surface area contributed by atoms with Gasteiger partial charge in [-0.1, -0.05) is 243 Å². The van der Waals surface area contributed by atoms with Crippen molar-refractivity contribution in [2.45, 2.75) is 309 Å². The highest BCUT2D eigenvalue weighted by Crippen LogP contribution is 2.16. The van der Waals surface area contributed by atoms with Crippen molar-refractivity contribution in [2.75, 3.05) is 13.2 Å². The van der Waals surface area contributed by atoms with Gasteiger partial charge in [0.05, 0.1) is 0 Å². The zero-order chi connectivity index (χ0) is 47.2. The summed E-state index contributed by atoms with van der Waals surface area (Å²) >= 11 is 0. The van der Waals surface area contributed by atoms with Crippen LogP contribution in [-0.2, 0) is 28.6 Å². The van der Waals surface area contributed by atoms with Gasteiger partial charge in [0, 0.05) is 19.3 Å². The summed E-state index contributed by atoms with van der Waals surface area (Å²) in [7, 11) is 0. The molecule has 6 nitrogen and oxygen atoms in total. The Bertz CT molecular complexity index is 1090. The molecule has 0 heterocycles. The summed E-state index contributed by atoms with van der Waals surface area (Å²) in [6.45, 7) is 6.63. The number of unbranched alkanes of at least 4 members (excludes halogenated alkanes) is 35. The lowest BCUT2D eigenvalue weighted by molar-refractivity contribution is -0.167. The molecular formula is C59H108O6. The van der Waals surface area contributed by atoms with E-state index in [9.17, 15) is 14.4 Å². The number of carbonyl (C=O) groups excluding carboxylic acids is 3. The van der Waals surface area contributed by atoms with E-state index in [0.717, 1.165) is 70.6 Å². The third-order valence-electron chi connectivity index (χ3n) is 12.6. The highest BCUT2D eigenvalue weighted by molar-refractivity contribution is 5.71. The lowest BCUT2D eigenvalue weighted by atomic mass is 10.0. The van der Waals surface area contributed by atoms with E-state index in [1.807, 2.05) is 0 Å². The van der Waals surface area contributed by atoms with Gasteiger partial charge < -0.3 is 14.2 Å². The zero-order valence-electron chi connectivity index (χ0n) is 43.5. The molecule has 0 amide bonds. The molecule has 0 aliphatic heterocycles. The molecule has 0 spiro atoms. The molecule has 0 aliphatic rings. The van der Waals surface area contributed by atoms with Crippen molar-refractivity contribution in [1.82, 2.24) is 0 Å². The van der Waals surface area contributed by atoms with Gasteiger partial charge in [-0.05, 0) is 77.0 Å². The van der Waals surface area contributed by atoms with Crippen molar-refractivity contribution in [3.05, 3.63) is 36.5 Å². The third kappa shape index (κ3) is 52.5. The van der Waals surface area contributed by atoms with Gasteiger partial charge in [0.2, 0.25) is 0 Å². The monoisotopic (exact) mass is 913 g/mol. The lowest BCUT2D eigenvalue weighted by Gasteiger charge is -2.18. The van der Waals surface area contributed by atoms with Crippen LogP contribution in [0.15, 0.2) is 36.5 Å². The minimum absolute atomic E-state index is 0.0732. The fourth-order valence-electron chi connectivity index (χ4n) is 8.29. The summed E-state index contributed by atoms with van der Waals surface area (Å²) in [5.41, 5.74) is 0. The minimum Gasteiger partial charge on any atom is -0.462 e. The smallest absolute Gasteiger partial charge is 0.306 e. The highest BCUT2D eigenvalue weighted by atomic mass is 16.6. The predicted octanol–water partition coefficient (Wildman–Crippen LogP) is 18.9. The fourth-order valence-corrected chi connectivity index (χ4v) is 8.29. The molecule has 0 saturated carbocycles. The molecule has 0 aromatic rings. The van der Waals surface area contributed by atoms with Crippen LogP contribution >= 0.6 is 0 Å². The first-order valence-electron chi connectivity index (χ1n) is 28.5. The largest absolute Gasteiger partial charge is 0.462 e. The normalized spacial score (nSPS) is 12.2. The van der Waals surface area contributed by atoms with Crippen molar-refractivity contribution in [3.63, 3.8) is 0 Å². The summed E-state index contributed by atoms with van der Waals surface area (Å²) in [4.78, 5) is 38.1. The van der Waals surface area contributed by atoms with Crippen LogP contribution in [0, 0.1) is 0 Å². The first-order chi connectivity index (χ1) is 32.0. The van der Waals surface area contributed by atoms with Crippen LogP contribution in [0.3, 0.4) is 0 Å². The van der Waals surface area contributed by atoms with E-state index in [1.165, 1.54) is 193 Å². The van der Waals surface area contributed by atoms with Crippen LogP contribution in [-0.4, -0.2) is 37.2 Å². The van der Waals surface area contributed by atoms with Gasteiger partial charge in [0.1, 0.15) is 13.2 Å². The molecule has 380 valence electrons. The van der Waals surface area contributed by atoms with Gasteiger partial charge in [-0.2, -0.15) is 0 Å². The van der Waals surface area contributed by atoms with E-state index in [1.54, 1.807) is 0 Å². The number of hydrogen-bond acceptors (Lipinski definition) is 6. The van der Waals surface area contributed by atoms with Gasteiger partial charge >= 0.3 is 17.9 Å². The van der Waals surface area contributed by atoms with E-state index in [4.69, 9.17) is 14.2 Å². The zero-order valence-corrected chi connectivity index (χ0v) is 43.5. The molecule has 0 aromatic carbocycles. The van der Waals surface area contributed by atoms with E-state index in [0.29, 0.717) is 19.3 Å². The second-order valence-corrected chi connectivity index (χ2v) is 19.2. The maximum Gasteiger partial charge on any atom is 0.306 e. The Morgan fingerprint density at radius 1 is 0.308 bits per heavy atom.